The maximum Gasteiger partial charge on any atom is 0.239 e. The highest BCUT2D eigenvalue weighted by Gasteiger charge is 2.43. The monoisotopic (exact) mass is 499 g/mol. The second-order valence-corrected chi connectivity index (χ2v) is 11.2. The van der Waals surface area contributed by atoms with Gasteiger partial charge in [-0.15, -0.1) is 0 Å². The fourth-order valence-corrected chi connectivity index (χ4v) is 6.06. The van der Waals surface area contributed by atoms with E-state index in [1.165, 1.54) is 0 Å². The van der Waals surface area contributed by atoms with E-state index < -0.39 is 0 Å². The van der Waals surface area contributed by atoms with E-state index in [4.69, 9.17) is 4.74 Å². The number of fused-ring (bicyclic) bond motifs is 1. The molecule has 0 fully saturated rings. The van der Waals surface area contributed by atoms with Crippen molar-refractivity contribution in [2.24, 2.45) is 11.3 Å². The first-order valence-electron chi connectivity index (χ1n) is 13.3. The molecule has 3 aliphatic rings. The second-order valence-electron chi connectivity index (χ2n) is 11.2. The summed E-state index contributed by atoms with van der Waals surface area (Å²) in [7, 11) is 1.64. The molecular weight excluding hydrogens is 462 g/mol. The van der Waals surface area contributed by atoms with Gasteiger partial charge in [0.15, 0.2) is 5.78 Å². The van der Waals surface area contributed by atoms with Crippen molar-refractivity contribution in [3.63, 3.8) is 0 Å². The Morgan fingerprint density at radius 1 is 1.14 bits per heavy atom. The van der Waals surface area contributed by atoms with Crippen LogP contribution in [0.5, 0.6) is 5.75 Å². The first-order chi connectivity index (χ1) is 17.8. The van der Waals surface area contributed by atoms with Gasteiger partial charge in [-0.2, -0.15) is 0 Å². The Bertz CT molecular complexity index is 1250. The number of ketones is 1. The number of amides is 1. The number of carbonyl (C=O) groups is 2. The van der Waals surface area contributed by atoms with Crippen LogP contribution in [0, 0.1) is 11.3 Å². The molecule has 0 saturated heterocycles. The average molecular weight is 500 g/mol. The molecule has 0 spiro atoms. The van der Waals surface area contributed by atoms with E-state index in [-0.39, 0.29) is 35.6 Å². The lowest BCUT2D eigenvalue weighted by Gasteiger charge is -2.41. The molecule has 2 aromatic rings. The van der Waals surface area contributed by atoms with Gasteiger partial charge in [0.25, 0.3) is 0 Å². The zero-order valence-corrected chi connectivity index (χ0v) is 22.0. The molecule has 0 radical (unpaired) electrons. The summed E-state index contributed by atoms with van der Waals surface area (Å²) in [6.07, 6.45) is 8.70. The van der Waals surface area contributed by atoms with Crippen molar-refractivity contribution < 1.29 is 14.3 Å². The maximum absolute atomic E-state index is 13.7. The van der Waals surface area contributed by atoms with Gasteiger partial charge in [0.2, 0.25) is 5.91 Å². The third-order valence-electron chi connectivity index (χ3n) is 7.74. The number of nitrogens with one attached hydrogen (secondary N) is 2. The molecule has 1 aliphatic heterocycles. The number of ether oxygens (including phenoxy) is 1. The molecule has 6 nitrogen and oxygen atoms in total. The fourth-order valence-electron chi connectivity index (χ4n) is 6.06. The molecule has 1 amide bonds. The maximum atomic E-state index is 13.7. The summed E-state index contributed by atoms with van der Waals surface area (Å²) < 4.78 is 5.32. The van der Waals surface area contributed by atoms with Crippen LogP contribution >= 0.6 is 0 Å². The van der Waals surface area contributed by atoms with Crippen LogP contribution in [0.3, 0.4) is 0 Å². The summed E-state index contributed by atoms with van der Waals surface area (Å²) in [5.74, 6) is 1.16. The standard InChI is InChI=1S/C31H37N3O3/c1-31(2)17-25-29(27(35)18-31)30(22-11-5-4-6-12-22)34(26-15-8-7-14-24(26)33-25)20-28(36)32-19-21-10-9-13-23(16-21)37-3/h4-5,7-10,13-16,22,30,33H,6,11-12,17-20H2,1-3H3,(H,32,36). The number of Topliss-reactive ketones (excluding diaryl/α,β-unsaturated/α-hetero) is 1. The SMILES string of the molecule is COc1cccc(CNC(=O)CN2c3ccccc3NC3=C(C(=O)CC(C)(C)C3)C2C2CC=CCC2)c1. The Morgan fingerprint density at radius 2 is 1.97 bits per heavy atom. The summed E-state index contributed by atoms with van der Waals surface area (Å²) in [5.41, 5.74) is 4.70. The van der Waals surface area contributed by atoms with Crippen LogP contribution in [-0.4, -0.2) is 31.4 Å². The van der Waals surface area contributed by atoms with Crippen molar-refractivity contribution in [2.75, 3.05) is 23.9 Å². The third-order valence-corrected chi connectivity index (χ3v) is 7.74. The van der Waals surface area contributed by atoms with Crippen molar-refractivity contribution in [1.82, 2.24) is 5.32 Å². The van der Waals surface area contributed by atoms with Gasteiger partial charge in [0.1, 0.15) is 5.75 Å². The summed E-state index contributed by atoms with van der Waals surface area (Å²) in [6.45, 7) is 4.92. The number of allylic oxidation sites excluding steroid dienone is 3. The van der Waals surface area contributed by atoms with E-state index in [9.17, 15) is 9.59 Å². The summed E-state index contributed by atoms with van der Waals surface area (Å²) in [4.78, 5) is 29.3. The number of nitrogens with zero attached hydrogens (tertiary/aromatic N) is 1. The van der Waals surface area contributed by atoms with Crippen LogP contribution < -0.4 is 20.3 Å². The van der Waals surface area contributed by atoms with Crippen molar-refractivity contribution in [1.29, 1.82) is 0 Å². The van der Waals surface area contributed by atoms with Crippen molar-refractivity contribution in [3.05, 3.63) is 77.5 Å². The lowest BCUT2D eigenvalue weighted by atomic mass is 9.71. The molecule has 37 heavy (non-hydrogen) atoms. The highest BCUT2D eigenvalue weighted by atomic mass is 16.5. The van der Waals surface area contributed by atoms with Crippen LogP contribution in [0.4, 0.5) is 11.4 Å². The minimum atomic E-state index is -0.151. The molecule has 1 heterocycles. The van der Waals surface area contributed by atoms with E-state index in [1.54, 1.807) is 7.11 Å². The van der Waals surface area contributed by atoms with Gasteiger partial charge in [0, 0.05) is 24.2 Å². The van der Waals surface area contributed by atoms with Crippen LogP contribution in [-0.2, 0) is 16.1 Å². The zero-order chi connectivity index (χ0) is 26.0. The summed E-state index contributed by atoms with van der Waals surface area (Å²) in [5, 5.41) is 6.74. The lowest BCUT2D eigenvalue weighted by molar-refractivity contribution is -0.121. The van der Waals surface area contributed by atoms with Crippen LogP contribution in [0.15, 0.2) is 72.0 Å². The Balaban J connectivity index is 1.50. The molecule has 194 valence electrons. The molecule has 6 heteroatoms. The Hall–Kier alpha value is -3.54. The molecule has 0 saturated carbocycles. The normalized spacial score (nSPS) is 22.5. The quantitative estimate of drug-likeness (QED) is 0.506. The molecule has 2 atom stereocenters. The number of hydrogen-bond donors (Lipinski definition) is 2. The zero-order valence-electron chi connectivity index (χ0n) is 22.0. The van der Waals surface area contributed by atoms with Gasteiger partial charge in [-0.1, -0.05) is 50.3 Å². The Morgan fingerprint density at radius 3 is 2.76 bits per heavy atom. The van der Waals surface area contributed by atoms with E-state index >= 15 is 0 Å². The highest BCUT2D eigenvalue weighted by Crippen LogP contribution is 2.46. The van der Waals surface area contributed by atoms with Gasteiger partial charge in [-0.3, -0.25) is 9.59 Å². The molecule has 2 N–H and O–H groups in total. The first-order valence-corrected chi connectivity index (χ1v) is 13.3. The molecule has 5 rings (SSSR count). The number of carbonyl (C=O) groups excluding carboxylic acids is 2. The minimum Gasteiger partial charge on any atom is -0.497 e. The Kier molecular flexibility index (Phi) is 7.09. The van der Waals surface area contributed by atoms with Gasteiger partial charge < -0.3 is 20.3 Å². The number of hydrogen-bond acceptors (Lipinski definition) is 5. The van der Waals surface area contributed by atoms with Crippen LogP contribution in [0.2, 0.25) is 0 Å². The third kappa shape index (κ3) is 5.43. The number of rotatable bonds is 6. The van der Waals surface area contributed by atoms with Gasteiger partial charge in [-0.25, -0.2) is 0 Å². The predicted octanol–water partition coefficient (Wildman–Crippen LogP) is 5.61. The number of anilines is 2. The topological polar surface area (TPSA) is 70.7 Å². The predicted molar refractivity (Wildman–Crippen MR) is 148 cm³/mol. The Labute approximate surface area is 219 Å². The molecule has 2 aromatic carbocycles. The molecule has 2 unspecified atom stereocenters. The molecule has 0 bridgehead atoms. The van der Waals surface area contributed by atoms with E-state index in [0.717, 1.165) is 59.6 Å². The number of benzene rings is 2. The van der Waals surface area contributed by atoms with Crippen molar-refractivity contribution in [3.8, 4) is 5.75 Å². The minimum absolute atomic E-state index is 0.0680. The van der Waals surface area contributed by atoms with Gasteiger partial charge in [0.05, 0.1) is 31.1 Å². The molecule has 2 aliphatic carbocycles. The van der Waals surface area contributed by atoms with Gasteiger partial charge >= 0.3 is 0 Å². The lowest BCUT2D eigenvalue weighted by Crippen LogP contribution is -2.49. The first kappa shape index (κ1) is 25.1. The fraction of sp³-hybridized carbons (Fsp3) is 0.419. The van der Waals surface area contributed by atoms with E-state index in [2.05, 4.69) is 53.7 Å². The summed E-state index contributed by atoms with van der Waals surface area (Å²) >= 11 is 0. The largest absolute Gasteiger partial charge is 0.497 e. The van der Waals surface area contributed by atoms with Gasteiger partial charge in [-0.05, 0) is 66.8 Å². The molecular formula is C31H37N3O3. The van der Waals surface area contributed by atoms with Crippen molar-refractivity contribution in [2.45, 2.75) is 58.5 Å². The van der Waals surface area contributed by atoms with Crippen molar-refractivity contribution >= 4 is 23.1 Å². The number of methoxy groups -OCH3 is 1. The van der Waals surface area contributed by atoms with E-state index in [1.807, 2.05) is 36.4 Å². The molecule has 0 aromatic heterocycles. The number of para-hydroxylation sites is 2. The summed E-state index contributed by atoms with van der Waals surface area (Å²) in [6, 6.07) is 15.7. The average Bonchev–Trinajstić information content (AvgIpc) is 3.02. The second kappa shape index (κ2) is 10.4. The highest BCUT2D eigenvalue weighted by molar-refractivity contribution is 6.01. The van der Waals surface area contributed by atoms with E-state index in [0.29, 0.717) is 13.0 Å². The van der Waals surface area contributed by atoms with Crippen LogP contribution in [0.1, 0.15) is 51.5 Å². The van der Waals surface area contributed by atoms with Crippen LogP contribution in [0.25, 0.3) is 0 Å². The smallest absolute Gasteiger partial charge is 0.239 e.